The number of benzene rings is 9. The molecule has 2 N–H and O–H groups in total. The molecule has 0 heterocycles. The third-order valence-electron chi connectivity index (χ3n) is 14.8. The van der Waals surface area contributed by atoms with Gasteiger partial charge in [-0.2, -0.15) is 0 Å². The highest BCUT2D eigenvalue weighted by Crippen LogP contribution is 2.69. The van der Waals surface area contributed by atoms with Crippen LogP contribution in [0.2, 0.25) is 0 Å². The largest absolute Gasteiger partial charge is 0.507 e. The molecule has 54 heavy (non-hydrogen) atoms. The number of phenolic OH excluding ortho intramolecular Hbond substituents is 2. The maximum Gasteiger partial charge on any atom is 0.124 e. The van der Waals surface area contributed by atoms with Gasteiger partial charge in [-0.05, 0) is 147 Å². The minimum atomic E-state index is 0.0941. The lowest BCUT2D eigenvalue weighted by atomic mass is 9.76. The normalized spacial score (nSPS) is 20.6. The van der Waals surface area contributed by atoms with E-state index in [9.17, 15) is 10.2 Å². The van der Waals surface area contributed by atoms with Crippen LogP contribution in [0.25, 0.3) is 87.6 Å². The quantitative estimate of drug-likeness (QED) is 0.156. The third kappa shape index (κ3) is 2.88. The molecule has 0 saturated heterocycles. The smallest absolute Gasteiger partial charge is 0.124 e. The van der Waals surface area contributed by atoms with Crippen molar-refractivity contribution in [2.45, 2.75) is 36.5 Å². The Bertz CT molecular complexity index is 2950. The zero-order valence-corrected chi connectivity index (χ0v) is 29.2. The van der Waals surface area contributed by atoms with Crippen LogP contribution in [0.5, 0.6) is 11.5 Å². The van der Waals surface area contributed by atoms with E-state index < -0.39 is 0 Å². The molecular formula is C52H30O2. The van der Waals surface area contributed by atoms with Crippen molar-refractivity contribution < 1.29 is 10.2 Å². The van der Waals surface area contributed by atoms with Gasteiger partial charge in [-0.1, -0.05) is 97.1 Å². The summed E-state index contributed by atoms with van der Waals surface area (Å²) in [6, 6.07) is 45.7. The Kier molecular flexibility index (Phi) is 4.39. The van der Waals surface area contributed by atoms with Crippen molar-refractivity contribution in [1.82, 2.24) is 0 Å². The maximum atomic E-state index is 12.4. The summed E-state index contributed by atoms with van der Waals surface area (Å²) >= 11 is 0. The first-order chi connectivity index (χ1) is 26.6. The van der Waals surface area contributed by atoms with Gasteiger partial charge in [0.15, 0.2) is 0 Å². The monoisotopic (exact) mass is 686 g/mol. The first-order valence-electron chi connectivity index (χ1n) is 19.5. The van der Waals surface area contributed by atoms with Gasteiger partial charge in [-0.15, -0.1) is 0 Å². The number of phenols is 2. The van der Waals surface area contributed by atoms with Crippen molar-refractivity contribution in [3.8, 4) is 56.0 Å². The second kappa shape index (κ2) is 8.70. The van der Waals surface area contributed by atoms with Crippen LogP contribution in [0.15, 0.2) is 121 Å². The molecule has 0 spiro atoms. The van der Waals surface area contributed by atoms with Gasteiger partial charge in [-0.25, -0.2) is 0 Å². The third-order valence-corrected chi connectivity index (χ3v) is 14.8. The van der Waals surface area contributed by atoms with Crippen LogP contribution in [0.4, 0.5) is 0 Å². The number of fused-ring (bicyclic) bond motifs is 24. The van der Waals surface area contributed by atoms with E-state index in [1.165, 1.54) is 110 Å². The zero-order valence-electron chi connectivity index (χ0n) is 29.2. The van der Waals surface area contributed by atoms with E-state index in [4.69, 9.17) is 0 Å². The Morgan fingerprint density at radius 2 is 0.593 bits per heavy atom. The summed E-state index contributed by atoms with van der Waals surface area (Å²) in [5, 5.41) is 35.1. The molecule has 0 amide bonds. The Balaban J connectivity index is 0.883. The van der Waals surface area contributed by atoms with Crippen LogP contribution in [-0.4, -0.2) is 10.2 Å². The van der Waals surface area contributed by atoms with E-state index in [0.29, 0.717) is 11.5 Å². The van der Waals surface area contributed by atoms with E-state index in [-0.39, 0.29) is 23.7 Å². The Labute approximate surface area is 310 Å². The van der Waals surface area contributed by atoms with Crippen molar-refractivity contribution in [3.63, 3.8) is 0 Å². The van der Waals surface area contributed by atoms with Crippen molar-refractivity contribution >= 4 is 43.1 Å². The fourth-order valence-electron chi connectivity index (χ4n) is 12.7. The van der Waals surface area contributed by atoms with Crippen LogP contribution >= 0.6 is 0 Å². The van der Waals surface area contributed by atoms with Crippen LogP contribution < -0.4 is 0 Å². The second-order valence-electron chi connectivity index (χ2n) is 16.9. The second-order valence-corrected chi connectivity index (χ2v) is 16.9. The highest BCUT2D eigenvalue weighted by molar-refractivity contribution is 6.18. The van der Waals surface area contributed by atoms with E-state index in [1.807, 2.05) is 0 Å². The summed E-state index contributed by atoms with van der Waals surface area (Å²) in [5.41, 5.74) is 19.8. The molecule has 2 nitrogen and oxygen atoms in total. The molecule has 4 bridgehead atoms. The molecule has 4 atom stereocenters. The number of rotatable bonds is 0. The molecule has 0 fully saturated rings. The van der Waals surface area contributed by atoms with Crippen LogP contribution in [0, 0.1) is 0 Å². The van der Waals surface area contributed by atoms with Gasteiger partial charge in [0.05, 0.1) is 0 Å². The Morgan fingerprint density at radius 3 is 0.870 bits per heavy atom. The average molecular weight is 687 g/mol. The topological polar surface area (TPSA) is 40.5 Å². The Morgan fingerprint density at radius 1 is 0.315 bits per heavy atom. The van der Waals surface area contributed by atoms with Crippen molar-refractivity contribution in [3.05, 3.63) is 166 Å². The minimum absolute atomic E-state index is 0.0941. The molecule has 0 aromatic heterocycles. The average Bonchev–Trinajstić information content (AvgIpc) is 4.05. The molecule has 6 aliphatic carbocycles. The van der Waals surface area contributed by atoms with Crippen LogP contribution in [0.1, 0.15) is 81.0 Å². The number of hydrogen-bond acceptors (Lipinski definition) is 2. The molecule has 0 radical (unpaired) electrons. The summed E-state index contributed by atoms with van der Waals surface area (Å²) in [6.07, 6.45) is 1.83. The van der Waals surface area contributed by atoms with Gasteiger partial charge < -0.3 is 10.2 Å². The lowest BCUT2D eigenvalue weighted by Crippen LogP contribution is -2.11. The molecule has 0 saturated carbocycles. The highest BCUT2D eigenvalue weighted by Gasteiger charge is 2.52. The molecule has 2 heteroatoms. The van der Waals surface area contributed by atoms with E-state index in [0.717, 1.165) is 35.1 Å². The predicted molar refractivity (Wildman–Crippen MR) is 218 cm³/mol. The summed E-state index contributed by atoms with van der Waals surface area (Å²) in [6.45, 7) is 0. The van der Waals surface area contributed by atoms with Gasteiger partial charge in [0, 0.05) is 45.9 Å². The Hall–Kier alpha value is -6.38. The van der Waals surface area contributed by atoms with Gasteiger partial charge in [0.25, 0.3) is 0 Å². The molecule has 4 unspecified atom stereocenters. The minimum Gasteiger partial charge on any atom is -0.507 e. The molecule has 250 valence electrons. The summed E-state index contributed by atoms with van der Waals surface area (Å²) in [7, 11) is 0. The molecule has 6 aliphatic rings. The van der Waals surface area contributed by atoms with Crippen molar-refractivity contribution in [2.75, 3.05) is 0 Å². The fraction of sp³-hybridized carbons (Fsp3) is 0.115. The maximum absolute atomic E-state index is 12.4. The van der Waals surface area contributed by atoms with Crippen molar-refractivity contribution in [1.29, 1.82) is 0 Å². The molecule has 0 aliphatic heterocycles. The predicted octanol–water partition coefficient (Wildman–Crippen LogP) is 13.0. The summed E-state index contributed by atoms with van der Waals surface area (Å²) in [4.78, 5) is 0. The zero-order chi connectivity index (χ0) is 34.9. The van der Waals surface area contributed by atoms with Gasteiger partial charge in [-0.3, -0.25) is 0 Å². The molecule has 9 aromatic rings. The van der Waals surface area contributed by atoms with E-state index in [1.54, 1.807) is 0 Å². The fourth-order valence-corrected chi connectivity index (χ4v) is 12.7. The number of aromatic hydroxyl groups is 2. The highest BCUT2D eigenvalue weighted by atomic mass is 16.3. The SMILES string of the molecule is Oc1c2c(c(O)c3c1C1CC3c3cc4cc5c(cc4cc31)-c1cccc3cccc-5c13)C1CC2c2cc3cc4c(cc3cc21)-c1cccc2cccc-4c12. The van der Waals surface area contributed by atoms with Crippen LogP contribution in [-0.2, 0) is 0 Å². The molecule has 9 aromatic carbocycles. The lowest BCUT2D eigenvalue weighted by molar-refractivity contribution is 0.440. The van der Waals surface area contributed by atoms with Crippen LogP contribution in [0.3, 0.4) is 0 Å². The summed E-state index contributed by atoms with van der Waals surface area (Å²) < 4.78 is 0. The van der Waals surface area contributed by atoms with Crippen molar-refractivity contribution in [2.24, 2.45) is 0 Å². The molecular weight excluding hydrogens is 657 g/mol. The lowest BCUT2D eigenvalue weighted by Gasteiger charge is -2.29. The first kappa shape index (κ1) is 27.3. The summed E-state index contributed by atoms with van der Waals surface area (Å²) in [5.74, 6) is 1.27. The number of hydrogen-bond donors (Lipinski definition) is 2. The molecule has 15 rings (SSSR count). The van der Waals surface area contributed by atoms with Gasteiger partial charge >= 0.3 is 0 Å². The van der Waals surface area contributed by atoms with E-state index in [2.05, 4.69) is 121 Å². The van der Waals surface area contributed by atoms with Gasteiger partial charge in [0.1, 0.15) is 11.5 Å². The first-order valence-corrected chi connectivity index (χ1v) is 19.5. The van der Waals surface area contributed by atoms with Gasteiger partial charge in [0.2, 0.25) is 0 Å². The van der Waals surface area contributed by atoms with E-state index >= 15 is 0 Å². The standard InChI is InChI=1S/C52H30O2/c53-51-47-41-21-42(38-18-26-14-34-30-10-2-6-23-5-1-9-29(45(23)30)33(34)13-25(26)17-37(38)41)48(47)52(54)50-44-22-43(49(50)51)39-19-27-15-35-31-11-3-7-24-8-4-12-32(46(24)31)36(35)16-28(27)20-40(39)44/h1-20,41-44,53-54H,21-22H2.